The van der Waals surface area contributed by atoms with Crippen LogP contribution in [0.2, 0.25) is 5.02 Å². The van der Waals surface area contributed by atoms with Gasteiger partial charge in [0.1, 0.15) is 0 Å². The van der Waals surface area contributed by atoms with Gasteiger partial charge in [0.05, 0.1) is 4.90 Å². The molecular formula is C22H29ClN2O3S. The second-order valence-electron chi connectivity index (χ2n) is 9.80. The Morgan fingerprint density at radius 1 is 0.966 bits per heavy atom. The van der Waals surface area contributed by atoms with Gasteiger partial charge in [-0.15, -0.1) is 0 Å². The third-order valence-corrected chi connectivity index (χ3v) is 9.93. The van der Waals surface area contributed by atoms with Crippen LogP contribution in [0.1, 0.15) is 51.4 Å². The van der Waals surface area contributed by atoms with Crippen LogP contribution in [-0.4, -0.2) is 37.8 Å². The molecule has 0 atom stereocenters. The number of amides is 1. The molecule has 1 heterocycles. The molecule has 5 fully saturated rings. The van der Waals surface area contributed by atoms with Gasteiger partial charge in [0.25, 0.3) is 0 Å². The Hall–Kier alpha value is -1.11. The first-order valence-electron chi connectivity index (χ1n) is 10.9. The molecule has 4 aliphatic carbocycles. The van der Waals surface area contributed by atoms with E-state index in [4.69, 9.17) is 11.6 Å². The minimum Gasteiger partial charge on any atom is -0.353 e. The van der Waals surface area contributed by atoms with E-state index >= 15 is 0 Å². The van der Waals surface area contributed by atoms with E-state index in [9.17, 15) is 13.2 Å². The molecule has 5 nitrogen and oxygen atoms in total. The average molecular weight is 437 g/mol. The minimum atomic E-state index is -3.51. The lowest BCUT2D eigenvalue weighted by Crippen LogP contribution is -2.56. The molecule has 1 amide bonds. The Morgan fingerprint density at radius 3 is 2.00 bits per heavy atom. The molecule has 7 heteroatoms. The molecule has 6 rings (SSSR count). The van der Waals surface area contributed by atoms with Crippen LogP contribution in [-0.2, 0) is 14.8 Å². The predicted octanol–water partition coefficient (Wildman–Crippen LogP) is 3.83. The Kier molecular flexibility index (Phi) is 4.95. The number of carbonyl (C=O) groups excluding carboxylic acids is 1. The van der Waals surface area contributed by atoms with Gasteiger partial charge < -0.3 is 5.32 Å². The number of carbonyl (C=O) groups is 1. The van der Waals surface area contributed by atoms with Crippen LogP contribution in [0, 0.1) is 23.2 Å². The highest BCUT2D eigenvalue weighted by atomic mass is 35.5. The molecule has 0 aromatic heterocycles. The normalized spacial score (nSPS) is 35.0. The largest absolute Gasteiger partial charge is 0.353 e. The number of benzene rings is 1. The van der Waals surface area contributed by atoms with E-state index < -0.39 is 10.0 Å². The molecule has 4 saturated carbocycles. The summed E-state index contributed by atoms with van der Waals surface area (Å²) in [7, 11) is -3.51. The molecule has 1 saturated heterocycles. The lowest BCUT2D eigenvalue weighted by Gasteiger charge is -2.56. The molecule has 1 aliphatic heterocycles. The molecule has 0 unspecified atom stereocenters. The first kappa shape index (κ1) is 19.8. The van der Waals surface area contributed by atoms with Crippen LogP contribution >= 0.6 is 11.6 Å². The van der Waals surface area contributed by atoms with E-state index in [1.54, 1.807) is 24.3 Å². The summed E-state index contributed by atoms with van der Waals surface area (Å²) in [5.74, 6) is 2.49. The van der Waals surface area contributed by atoms with Crippen LogP contribution in [0.3, 0.4) is 0 Å². The maximum atomic E-state index is 13.2. The first-order valence-corrected chi connectivity index (χ1v) is 12.7. The molecule has 158 valence electrons. The molecule has 0 radical (unpaired) electrons. The molecule has 4 bridgehead atoms. The maximum absolute atomic E-state index is 13.2. The monoisotopic (exact) mass is 436 g/mol. The fourth-order valence-electron chi connectivity index (χ4n) is 6.72. The Morgan fingerprint density at radius 2 is 1.48 bits per heavy atom. The number of nitrogens with one attached hydrogen (secondary N) is 1. The van der Waals surface area contributed by atoms with E-state index in [1.165, 1.54) is 23.6 Å². The second-order valence-corrected chi connectivity index (χ2v) is 12.2. The molecule has 1 aromatic rings. The van der Waals surface area contributed by atoms with Crippen molar-refractivity contribution in [3.05, 3.63) is 29.3 Å². The van der Waals surface area contributed by atoms with Gasteiger partial charge in [-0.1, -0.05) is 11.6 Å². The summed E-state index contributed by atoms with van der Waals surface area (Å²) < 4.78 is 27.2. The second kappa shape index (κ2) is 7.24. The minimum absolute atomic E-state index is 0.0761. The van der Waals surface area contributed by atoms with E-state index in [0.29, 0.717) is 31.0 Å². The average Bonchev–Trinajstić information content (AvgIpc) is 2.68. The third kappa shape index (κ3) is 3.61. The smallest absolute Gasteiger partial charge is 0.243 e. The number of piperidine rings is 1. The van der Waals surface area contributed by atoms with Crippen molar-refractivity contribution < 1.29 is 13.2 Å². The molecule has 1 aromatic carbocycles. The molecular weight excluding hydrogens is 408 g/mol. The van der Waals surface area contributed by atoms with Gasteiger partial charge in [-0.3, -0.25) is 4.79 Å². The Balaban J connectivity index is 1.20. The van der Waals surface area contributed by atoms with Crippen molar-refractivity contribution in [2.45, 2.75) is 62.3 Å². The van der Waals surface area contributed by atoms with Gasteiger partial charge in [-0.2, -0.15) is 4.31 Å². The fraction of sp³-hybridized carbons (Fsp3) is 0.682. The van der Waals surface area contributed by atoms with Crippen LogP contribution in [0.5, 0.6) is 0 Å². The van der Waals surface area contributed by atoms with E-state index in [-0.39, 0.29) is 22.3 Å². The number of nitrogens with zero attached hydrogens (tertiary/aromatic N) is 1. The summed E-state index contributed by atoms with van der Waals surface area (Å²) in [6.45, 7) is 0.883. The zero-order chi connectivity index (χ0) is 20.2. The predicted molar refractivity (Wildman–Crippen MR) is 112 cm³/mol. The Bertz CT molecular complexity index is 856. The lowest BCUT2D eigenvalue weighted by molar-refractivity contribution is -0.147. The van der Waals surface area contributed by atoms with Gasteiger partial charge in [0.15, 0.2) is 0 Å². The molecule has 0 spiro atoms. The number of hydrogen-bond acceptors (Lipinski definition) is 3. The Labute approximate surface area is 178 Å². The summed E-state index contributed by atoms with van der Waals surface area (Å²) >= 11 is 5.88. The summed E-state index contributed by atoms with van der Waals surface area (Å²) in [5.41, 5.74) is -0.138. The number of hydrogen-bond donors (Lipinski definition) is 1. The van der Waals surface area contributed by atoms with Gasteiger partial charge in [0, 0.05) is 29.6 Å². The number of sulfonamides is 1. The van der Waals surface area contributed by atoms with E-state index in [1.807, 2.05) is 0 Å². The molecule has 1 N–H and O–H groups in total. The van der Waals surface area contributed by atoms with Crippen LogP contribution < -0.4 is 5.32 Å². The van der Waals surface area contributed by atoms with Crippen molar-refractivity contribution in [1.82, 2.24) is 9.62 Å². The topological polar surface area (TPSA) is 66.5 Å². The number of halogens is 1. The van der Waals surface area contributed by atoms with Crippen LogP contribution in [0.4, 0.5) is 0 Å². The van der Waals surface area contributed by atoms with E-state index in [0.717, 1.165) is 37.0 Å². The summed E-state index contributed by atoms with van der Waals surface area (Å²) in [6, 6.07) is 6.39. The zero-order valence-electron chi connectivity index (χ0n) is 16.6. The fourth-order valence-corrected chi connectivity index (χ4v) is 8.32. The van der Waals surface area contributed by atoms with Crippen molar-refractivity contribution in [3.63, 3.8) is 0 Å². The quantitative estimate of drug-likeness (QED) is 0.780. The molecule has 5 aliphatic rings. The highest BCUT2D eigenvalue weighted by Gasteiger charge is 2.54. The van der Waals surface area contributed by atoms with Crippen molar-refractivity contribution in [3.8, 4) is 0 Å². The highest BCUT2D eigenvalue weighted by Crippen LogP contribution is 2.60. The number of rotatable bonds is 4. The summed E-state index contributed by atoms with van der Waals surface area (Å²) in [5, 5.41) is 3.84. The van der Waals surface area contributed by atoms with Crippen molar-refractivity contribution in [2.75, 3.05) is 13.1 Å². The van der Waals surface area contributed by atoms with Crippen molar-refractivity contribution in [1.29, 1.82) is 0 Å². The highest BCUT2D eigenvalue weighted by molar-refractivity contribution is 7.89. The first-order chi connectivity index (χ1) is 13.8. The lowest BCUT2D eigenvalue weighted by atomic mass is 9.49. The van der Waals surface area contributed by atoms with E-state index in [2.05, 4.69) is 5.32 Å². The van der Waals surface area contributed by atoms with Gasteiger partial charge in [0.2, 0.25) is 15.9 Å². The summed E-state index contributed by atoms with van der Waals surface area (Å²) in [4.78, 5) is 13.5. The zero-order valence-corrected chi connectivity index (χ0v) is 18.2. The standard InChI is InChI=1S/C22H29ClN2O3S/c23-18-1-3-20(4-2-18)29(27,28)25-7-5-19(6-8-25)24-21(26)22-12-15-9-16(13-22)11-17(10-15)14-22/h1-4,15-17,19H,5-14H2,(H,24,26). The third-order valence-electron chi connectivity index (χ3n) is 7.76. The van der Waals surface area contributed by atoms with Gasteiger partial charge in [-0.25, -0.2) is 8.42 Å². The van der Waals surface area contributed by atoms with Crippen LogP contribution in [0.15, 0.2) is 29.2 Å². The van der Waals surface area contributed by atoms with Crippen LogP contribution in [0.25, 0.3) is 0 Å². The summed E-state index contributed by atoms with van der Waals surface area (Å²) in [6.07, 6.45) is 8.52. The SMILES string of the molecule is O=C(NC1CCN(S(=O)(=O)c2ccc(Cl)cc2)CC1)C12CC3CC(CC(C3)C1)C2. The van der Waals surface area contributed by atoms with Crippen molar-refractivity contribution >= 4 is 27.5 Å². The van der Waals surface area contributed by atoms with Crippen molar-refractivity contribution in [2.24, 2.45) is 23.2 Å². The molecule has 29 heavy (non-hydrogen) atoms. The maximum Gasteiger partial charge on any atom is 0.243 e. The van der Waals surface area contributed by atoms with Gasteiger partial charge >= 0.3 is 0 Å². The van der Waals surface area contributed by atoms with Gasteiger partial charge in [-0.05, 0) is 93.4 Å².